The molecule has 3 rings (SSSR count). The van der Waals surface area contributed by atoms with Crippen LogP contribution in [0.15, 0.2) is 41.1 Å². The summed E-state index contributed by atoms with van der Waals surface area (Å²) < 4.78 is 32.7. The van der Waals surface area contributed by atoms with Gasteiger partial charge >= 0.3 is 0 Å². The summed E-state index contributed by atoms with van der Waals surface area (Å²) >= 11 is 3.37. The molecule has 2 aromatic rings. The number of carbonyl (C=O) groups is 1. The van der Waals surface area contributed by atoms with Gasteiger partial charge in [0.05, 0.1) is 24.3 Å². The van der Waals surface area contributed by atoms with E-state index in [0.29, 0.717) is 31.6 Å². The van der Waals surface area contributed by atoms with Crippen LogP contribution in [0.4, 0.5) is 5.69 Å². The lowest BCUT2D eigenvalue weighted by Gasteiger charge is -2.29. The molecule has 146 valence electrons. The highest BCUT2D eigenvalue weighted by atomic mass is 79.9. The van der Waals surface area contributed by atoms with Gasteiger partial charge in [0.1, 0.15) is 5.75 Å². The van der Waals surface area contributed by atoms with E-state index in [0.717, 1.165) is 10.2 Å². The molecular weight excluding hydrogens is 436 g/mol. The van der Waals surface area contributed by atoms with Crippen LogP contribution < -0.4 is 10.1 Å². The molecule has 1 aromatic heterocycles. The van der Waals surface area contributed by atoms with E-state index < -0.39 is 10.0 Å². The second-order valence-corrected chi connectivity index (χ2v) is 9.32. The van der Waals surface area contributed by atoms with Crippen LogP contribution in [-0.4, -0.2) is 47.8 Å². The van der Waals surface area contributed by atoms with Crippen molar-refractivity contribution in [1.29, 1.82) is 0 Å². The third-order valence-corrected chi connectivity index (χ3v) is 6.20. The number of hydrogen-bond acceptors (Lipinski definition) is 5. The highest BCUT2D eigenvalue weighted by Crippen LogP contribution is 2.21. The van der Waals surface area contributed by atoms with Gasteiger partial charge in [-0.15, -0.1) is 0 Å². The lowest BCUT2D eigenvalue weighted by molar-refractivity contribution is -0.120. The summed E-state index contributed by atoms with van der Waals surface area (Å²) in [6.07, 6.45) is 5.48. The van der Waals surface area contributed by atoms with E-state index in [2.05, 4.69) is 26.3 Å². The minimum Gasteiger partial charge on any atom is -0.471 e. The molecule has 1 saturated heterocycles. The van der Waals surface area contributed by atoms with E-state index in [1.54, 1.807) is 17.1 Å². The fraction of sp³-hybridized carbons (Fsp3) is 0.412. The summed E-state index contributed by atoms with van der Waals surface area (Å²) in [5.41, 5.74) is 0.588. The van der Waals surface area contributed by atoms with Crippen molar-refractivity contribution in [1.82, 2.24) is 14.1 Å². The highest BCUT2D eigenvalue weighted by Gasteiger charge is 2.29. The number of carbonyl (C=O) groups excluding carboxylic acids is 1. The zero-order valence-corrected chi connectivity index (χ0v) is 17.2. The van der Waals surface area contributed by atoms with Gasteiger partial charge in [0.2, 0.25) is 15.9 Å². The van der Waals surface area contributed by atoms with Gasteiger partial charge in [-0.2, -0.15) is 5.10 Å². The van der Waals surface area contributed by atoms with Gasteiger partial charge in [-0.3, -0.25) is 4.79 Å². The van der Waals surface area contributed by atoms with E-state index in [-0.39, 0.29) is 18.6 Å². The summed E-state index contributed by atoms with van der Waals surface area (Å²) in [6.45, 7) is 0.971. The largest absolute Gasteiger partial charge is 0.471 e. The molecule has 1 aromatic carbocycles. The maximum atomic E-state index is 12.4. The Morgan fingerprint density at radius 2 is 1.96 bits per heavy atom. The number of nitrogens with one attached hydrogen (secondary N) is 1. The molecule has 1 aliphatic rings. The summed E-state index contributed by atoms with van der Waals surface area (Å²) in [5.74, 6) is 0.402. The second-order valence-electron chi connectivity index (χ2n) is 6.42. The number of hydrogen-bond donors (Lipinski definition) is 1. The third-order valence-electron chi connectivity index (χ3n) is 4.37. The Labute approximate surface area is 166 Å². The van der Waals surface area contributed by atoms with Crippen LogP contribution in [0.1, 0.15) is 12.8 Å². The number of ether oxygens (including phenoxy) is 1. The number of aromatic nitrogens is 2. The van der Waals surface area contributed by atoms with Crippen molar-refractivity contribution < 1.29 is 17.9 Å². The van der Waals surface area contributed by atoms with Crippen molar-refractivity contribution in [3.05, 3.63) is 41.1 Å². The van der Waals surface area contributed by atoms with Crippen molar-refractivity contribution >= 4 is 37.5 Å². The lowest BCUT2D eigenvalue weighted by atomic mass is 9.97. The summed E-state index contributed by atoms with van der Waals surface area (Å²) in [6, 6.07) is 7.47. The normalized spacial score (nSPS) is 16.2. The molecule has 0 radical (unpaired) electrons. The smallest absolute Gasteiger partial charge is 0.227 e. The van der Waals surface area contributed by atoms with Crippen molar-refractivity contribution in [2.45, 2.75) is 19.6 Å². The molecule has 0 saturated carbocycles. The van der Waals surface area contributed by atoms with Crippen molar-refractivity contribution in [2.24, 2.45) is 5.92 Å². The standard InChI is InChI=1S/C17H21BrN4O4S/c1-27(24,25)22-8-6-13(7-9-22)17(23)20-15-10-19-21(11-15)12-26-16-4-2-14(18)3-5-16/h2-5,10-11,13H,6-9,12H2,1H3,(H,20,23). The first-order valence-electron chi connectivity index (χ1n) is 8.48. The first-order valence-corrected chi connectivity index (χ1v) is 11.1. The number of halogens is 1. The zero-order chi connectivity index (χ0) is 19.4. The van der Waals surface area contributed by atoms with Crippen molar-refractivity contribution in [2.75, 3.05) is 24.7 Å². The Morgan fingerprint density at radius 3 is 2.59 bits per heavy atom. The number of anilines is 1. The van der Waals surface area contributed by atoms with E-state index in [1.807, 2.05) is 24.3 Å². The molecule has 2 heterocycles. The minimum absolute atomic E-state index is 0.114. The van der Waals surface area contributed by atoms with Crippen molar-refractivity contribution in [3.63, 3.8) is 0 Å². The monoisotopic (exact) mass is 456 g/mol. The lowest BCUT2D eigenvalue weighted by Crippen LogP contribution is -2.40. The predicted molar refractivity (Wildman–Crippen MR) is 105 cm³/mol. The van der Waals surface area contributed by atoms with Gasteiger partial charge in [0.15, 0.2) is 6.73 Å². The van der Waals surface area contributed by atoms with Crippen LogP contribution in [-0.2, 0) is 21.5 Å². The molecule has 0 atom stereocenters. The van der Waals surface area contributed by atoms with Gasteiger partial charge in [-0.25, -0.2) is 17.4 Å². The van der Waals surface area contributed by atoms with Gasteiger partial charge in [0, 0.05) is 23.5 Å². The van der Waals surface area contributed by atoms with Gasteiger partial charge in [-0.05, 0) is 37.1 Å². The molecule has 0 bridgehead atoms. The molecule has 10 heteroatoms. The molecule has 1 N–H and O–H groups in total. The Hall–Kier alpha value is -1.91. The van der Waals surface area contributed by atoms with Crippen LogP contribution in [0.3, 0.4) is 0 Å². The highest BCUT2D eigenvalue weighted by molar-refractivity contribution is 9.10. The Bertz CT molecular complexity index is 890. The number of rotatable bonds is 6. The van der Waals surface area contributed by atoms with E-state index in [1.165, 1.54) is 10.6 Å². The number of nitrogens with zero attached hydrogens (tertiary/aromatic N) is 3. The van der Waals surface area contributed by atoms with Crippen LogP contribution in [0.5, 0.6) is 5.75 Å². The van der Waals surface area contributed by atoms with Gasteiger partial charge in [-0.1, -0.05) is 15.9 Å². The average Bonchev–Trinajstić information content (AvgIpc) is 3.08. The Balaban J connectivity index is 1.49. The fourth-order valence-electron chi connectivity index (χ4n) is 2.86. The molecule has 1 aliphatic heterocycles. The van der Waals surface area contributed by atoms with Crippen LogP contribution in [0.2, 0.25) is 0 Å². The van der Waals surface area contributed by atoms with Gasteiger partial charge in [0.25, 0.3) is 0 Å². The Morgan fingerprint density at radius 1 is 1.30 bits per heavy atom. The van der Waals surface area contributed by atoms with Crippen LogP contribution in [0.25, 0.3) is 0 Å². The van der Waals surface area contributed by atoms with Gasteiger partial charge < -0.3 is 10.1 Å². The van der Waals surface area contributed by atoms with E-state index in [9.17, 15) is 13.2 Å². The van der Waals surface area contributed by atoms with Crippen LogP contribution >= 0.6 is 15.9 Å². The first-order chi connectivity index (χ1) is 12.8. The number of amides is 1. The summed E-state index contributed by atoms with van der Waals surface area (Å²) in [5, 5.41) is 7.01. The SMILES string of the molecule is CS(=O)(=O)N1CCC(C(=O)Nc2cnn(COc3ccc(Br)cc3)c2)CC1. The predicted octanol–water partition coefficient (Wildman–Crippen LogP) is 2.29. The zero-order valence-electron chi connectivity index (χ0n) is 14.8. The second kappa shape index (κ2) is 8.41. The minimum atomic E-state index is -3.19. The van der Waals surface area contributed by atoms with Crippen LogP contribution in [0, 0.1) is 5.92 Å². The maximum Gasteiger partial charge on any atom is 0.227 e. The molecule has 0 unspecified atom stereocenters. The Kier molecular flexibility index (Phi) is 6.18. The summed E-state index contributed by atoms with van der Waals surface area (Å²) in [7, 11) is -3.19. The number of sulfonamides is 1. The molecule has 27 heavy (non-hydrogen) atoms. The molecule has 0 aliphatic carbocycles. The van der Waals surface area contributed by atoms with E-state index >= 15 is 0 Å². The topological polar surface area (TPSA) is 93.5 Å². The molecular formula is C17H21BrN4O4S. The third kappa shape index (κ3) is 5.53. The molecule has 8 nitrogen and oxygen atoms in total. The molecule has 0 spiro atoms. The average molecular weight is 457 g/mol. The first kappa shape index (κ1) is 19.8. The van der Waals surface area contributed by atoms with Crippen molar-refractivity contribution in [3.8, 4) is 5.75 Å². The number of piperidine rings is 1. The summed E-state index contributed by atoms with van der Waals surface area (Å²) in [4.78, 5) is 12.4. The number of benzene rings is 1. The maximum absolute atomic E-state index is 12.4. The molecule has 1 fully saturated rings. The fourth-order valence-corrected chi connectivity index (χ4v) is 4.00. The molecule has 1 amide bonds. The quantitative estimate of drug-likeness (QED) is 0.719. The van der Waals surface area contributed by atoms with E-state index in [4.69, 9.17) is 4.74 Å².